The van der Waals surface area contributed by atoms with E-state index in [1.54, 1.807) is 0 Å². The van der Waals surface area contributed by atoms with E-state index in [0.717, 1.165) is 10.1 Å². The monoisotopic (exact) mass is 353 g/mol. The quantitative estimate of drug-likeness (QED) is 0.650. The van der Waals surface area contributed by atoms with E-state index < -0.39 is 6.55 Å². The third kappa shape index (κ3) is 4.26. The Morgan fingerprint density at radius 3 is 2.83 bits per heavy atom. The van der Waals surface area contributed by atoms with Crippen LogP contribution >= 0.6 is 23.1 Å². The van der Waals surface area contributed by atoms with E-state index in [9.17, 15) is 8.78 Å². The van der Waals surface area contributed by atoms with Gasteiger partial charge in [-0.05, 0) is 5.56 Å². The lowest BCUT2D eigenvalue weighted by atomic mass is 10.2. The number of nitrogens with one attached hydrogen (secondary N) is 1. The predicted molar refractivity (Wildman–Crippen MR) is 86.7 cm³/mol. The summed E-state index contributed by atoms with van der Waals surface area (Å²) in [7, 11) is 0. The van der Waals surface area contributed by atoms with E-state index >= 15 is 0 Å². The molecule has 0 spiro atoms. The highest BCUT2D eigenvalue weighted by Gasteiger charge is 2.13. The molecule has 0 saturated heterocycles. The van der Waals surface area contributed by atoms with Crippen LogP contribution in [0.15, 0.2) is 47.1 Å². The summed E-state index contributed by atoms with van der Waals surface area (Å²) in [5.41, 5.74) is 1.15. The maximum Gasteiger partial charge on any atom is 0.319 e. The van der Waals surface area contributed by atoms with Crippen molar-refractivity contribution in [2.24, 2.45) is 0 Å². The number of halogens is 2. The Morgan fingerprint density at radius 2 is 2.04 bits per heavy atom. The van der Waals surface area contributed by atoms with Gasteiger partial charge in [0, 0.05) is 18.9 Å². The second-order valence-corrected chi connectivity index (χ2v) is 6.73. The summed E-state index contributed by atoms with van der Waals surface area (Å²) in [6.07, 6.45) is 2.64. The number of alkyl halides is 2. The van der Waals surface area contributed by atoms with Gasteiger partial charge in [-0.2, -0.15) is 8.78 Å². The Morgan fingerprint density at radius 1 is 1.22 bits per heavy atom. The molecule has 0 atom stereocenters. The van der Waals surface area contributed by atoms with Crippen molar-refractivity contribution in [2.45, 2.75) is 23.2 Å². The molecule has 0 amide bonds. The first-order valence-corrected chi connectivity index (χ1v) is 8.56. The maximum absolute atomic E-state index is 12.7. The molecular weight excluding hydrogens is 340 g/mol. The largest absolute Gasteiger partial charge is 0.356 e. The van der Waals surface area contributed by atoms with Crippen LogP contribution in [-0.4, -0.2) is 19.7 Å². The van der Waals surface area contributed by atoms with Crippen molar-refractivity contribution >= 4 is 28.2 Å². The van der Waals surface area contributed by atoms with Crippen LogP contribution in [0, 0.1) is 0 Å². The number of hydrogen-bond acceptors (Lipinski definition) is 6. The van der Waals surface area contributed by atoms with Crippen molar-refractivity contribution in [1.29, 1.82) is 0 Å². The van der Waals surface area contributed by atoms with Gasteiger partial charge in [-0.1, -0.05) is 53.4 Å². The van der Waals surface area contributed by atoms with Gasteiger partial charge in [-0.25, -0.2) is 4.98 Å². The highest BCUT2D eigenvalue weighted by atomic mass is 32.2. The number of aromatic nitrogens is 4. The Hall–Kier alpha value is -2.00. The van der Waals surface area contributed by atoms with Crippen LogP contribution in [-0.2, 0) is 12.3 Å². The molecule has 0 unspecified atom stereocenters. The molecule has 2 heterocycles. The molecule has 0 fully saturated rings. The van der Waals surface area contributed by atoms with Gasteiger partial charge in [0.15, 0.2) is 4.34 Å². The Bertz CT molecular complexity index is 744. The average molecular weight is 353 g/mol. The van der Waals surface area contributed by atoms with Crippen molar-refractivity contribution in [3.63, 3.8) is 0 Å². The maximum atomic E-state index is 12.7. The van der Waals surface area contributed by atoms with E-state index in [2.05, 4.69) is 20.5 Å². The first kappa shape index (κ1) is 15.9. The summed E-state index contributed by atoms with van der Waals surface area (Å²) in [6, 6.07) is 9.96. The average Bonchev–Trinajstić information content (AvgIpc) is 3.21. The molecule has 2 aromatic heterocycles. The van der Waals surface area contributed by atoms with Crippen LogP contribution in [0.1, 0.15) is 17.9 Å². The first-order chi connectivity index (χ1) is 11.2. The van der Waals surface area contributed by atoms with Crippen LogP contribution in [0.3, 0.4) is 0 Å². The molecule has 0 saturated carbocycles. The van der Waals surface area contributed by atoms with Crippen molar-refractivity contribution in [3.05, 3.63) is 54.1 Å². The molecule has 5 nitrogen and oxygen atoms in total. The van der Waals surface area contributed by atoms with Gasteiger partial charge >= 0.3 is 6.55 Å². The number of imidazole rings is 1. The second-order valence-electron chi connectivity index (χ2n) is 4.53. The van der Waals surface area contributed by atoms with Crippen LogP contribution in [0.4, 0.5) is 13.9 Å². The fraction of sp³-hybridized carbons (Fsp3) is 0.214. The minimum absolute atomic E-state index is 0.319. The number of hydrogen-bond donors (Lipinski definition) is 1. The second kappa shape index (κ2) is 7.51. The topological polar surface area (TPSA) is 55.6 Å². The molecule has 3 rings (SSSR count). The third-order valence-corrected chi connectivity index (χ3v) is 4.99. The molecule has 120 valence electrons. The zero-order valence-electron chi connectivity index (χ0n) is 11.9. The number of rotatable bonds is 7. The first-order valence-electron chi connectivity index (χ1n) is 6.76. The van der Waals surface area contributed by atoms with Crippen molar-refractivity contribution < 1.29 is 8.78 Å². The Kier molecular flexibility index (Phi) is 5.19. The fourth-order valence-electron chi connectivity index (χ4n) is 1.87. The van der Waals surface area contributed by atoms with E-state index in [1.165, 1.54) is 35.5 Å². The number of nitrogens with zero attached hydrogens (tertiary/aromatic N) is 4. The van der Waals surface area contributed by atoms with E-state index in [4.69, 9.17) is 0 Å². The molecule has 0 aliphatic heterocycles. The lowest BCUT2D eigenvalue weighted by Gasteiger charge is -2.04. The summed E-state index contributed by atoms with van der Waals surface area (Å²) in [5, 5.41) is 12.0. The summed E-state index contributed by atoms with van der Waals surface area (Å²) in [5.74, 6) is 0.643. The Labute approximate surface area is 139 Å². The van der Waals surface area contributed by atoms with Crippen molar-refractivity contribution in [1.82, 2.24) is 19.7 Å². The molecule has 0 aliphatic carbocycles. The zero-order valence-corrected chi connectivity index (χ0v) is 13.5. The van der Waals surface area contributed by atoms with Gasteiger partial charge in [0.2, 0.25) is 5.13 Å². The lowest BCUT2D eigenvalue weighted by Crippen LogP contribution is -2.01. The minimum Gasteiger partial charge on any atom is -0.356 e. The molecule has 9 heteroatoms. The van der Waals surface area contributed by atoms with Crippen LogP contribution in [0.25, 0.3) is 0 Å². The summed E-state index contributed by atoms with van der Waals surface area (Å²) in [4.78, 5) is 3.94. The molecule has 0 bridgehead atoms. The number of anilines is 1. The molecule has 1 N–H and O–H groups in total. The zero-order chi connectivity index (χ0) is 16.1. The highest BCUT2D eigenvalue weighted by Crippen LogP contribution is 2.29. The summed E-state index contributed by atoms with van der Waals surface area (Å²) >= 11 is 2.73. The number of thioether (sulfide) groups is 1. The van der Waals surface area contributed by atoms with Gasteiger partial charge < -0.3 is 5.32 Å². The third-order valence-electron chi connectivity index (χ3n) is 2.98. The highest BCUT2D eigenvalue weighted by molar-refractivity contribution is 8.00. The molecule has 1 aromatic carbocycles. The van der Waals surface area contributed by atoms with Gasteiger partial charge in [0.25, 0.3) is 0 Å². The van der Waals surface area contributed by atoms with E-state index in [-0.39, 0.29) is 0 Å². The van der Waals surface area contributed by atoms with Gasteiger partial charge in [-0.3, -0.25) is 4.57 Å². The molecule has 0 aliphatic rings. The van der Waals surface area contributed by atoms with Crippen LogP contribution in [0.5, 0.6) is 0 Å². The van der Waals surface area contributed by atoms with E-state index in [0.29, 0.717) is 27.6 Å². The van der Waals surface area contributed by atoms with E-state index in [1.807, 2.05) is 30.3 Å². The molecule has 23 heavy (non-hydrogen) atoms. The van der Waals surface area contributed by atoms with Gasteiger partial charge in [0.05, 0.1) is 5.75 Å². The molecule has 0 radical (unpaired) electrons. The lowest BCUT2D eigenvalue weighted by molar-refractivity contribution is 0.0678. The predicted octanol–water partition coefficient (Wildman–Crippen LogP) is 4.03. The standard InChI is InChI=1S/C14H13F2N5S2/c15-12(16)21-7-6-17-11(21)9-22-14-20-19-13(23-14)18-8-10-4-2-1-3-5-10/h1-7,12H,8-9H2,(H,18,19). The summed E-state index contributed by atoms with van der Waals surface area (Å²) in [6.45, 7) is -1.92. The van der Waals surface area contributed by atoms with Crippen molar-refractivity contribution in [3.8, 4) is 0 Å². The number of benzene rings is 1. The van der Waals surface area contributed by atoms with Gasteiger partial charge in [-0.15, -0.1) is 10.2 Å². The van der Waals surface area contributed by atoms with Crippen LogP contribution in [0.2, 0.25) is 0 Å². The smallest absolute Gasteiger partial charge is 0.319 e. The van der Waals surface area contributed by atoms with Crippen molar-refractivity contribution in [2.75, 3.05) is 5.32 Å². The Balaban J connectivity index is 1.54. The van der Waals surface area contributed by atoms with Crippen LogP contribution < -0.4 is 5.32 Å². The molecule has 3 aromatic rings. The minimum atomic E-state index is -2.58. The molecular formula is C14H13F2N5S2. The fourth-order valence-corrected chi connectivity index (χ4v) is 3.57. The SMILES string of the molecule is FC(F)n1ccnc1CSc1nnc(NCc2ccccc2)s1. The normalized spacial score (nSPS) is 11.1. The summed E-state index contributed by atoms with van der Waals surface area (Å²) < 4.78 is 27.0. The van der Waals surface area contributed by atoms with Gasteiger partial charge in [0.1, 0.15) is 5.82 Å².